The Morgan fingerprint density at radius 2 is 0.938 bits per heavy atom. The van der Waals surface area contributed by atoms with Gasteiger partial charge in [0.1, 0.15) is 5.58 Å². The van der Waals surface area contributed by atoms with Crippen LogP contribution in [0.15, 0.2) is 296 Å². The summed E-state index contributed by atoms with van der Waals surface area (Å²) in [6.07, 6.45) is 0. The van der Waals surface area contributed by atoms with E-state index < -0.39 is 5.41 Å². The van der Waals surface area contributed by atoms with Crippen LogP contribution < -0.4 is 4.90 Å². The van der Waals surface area contributed by atoms with Crippen LogP contribution in [0.3, 0.4) is 0 Å². The van der Waals surface area contributed by atoms with Crippen molar-refractivity contribution in [1.29, 1.82) is 0 Å². The van der Waals surface area contributed by atoms with Crippen LogP contribution >= 0.6 is 0 Å². The van der Waals surface area contributed by atoms with Crippen molar-refractivity contribution in [2.45, 2.75) is 5.41 Å². The van der Waals surface area contributed by atoms with E-state index in [2.05, 4.69) is 301 Å². The maximum Gasteiger partial charge on any atom is 0.159 e. The second-order valence-corrected chi connectivity index (χ2v) is 21.5. The zero-order valence-electron chi connectivity index (χ0n) is 43.5. The molecule has 1 spiro atoms. The third kappa shape index (κ3) is 6.37. The lowest BCUT2D eigenvalue weighted by Gasteiger charge is -2.31. The molecule has 0 amide bonds. The molecule has 372 valence electrons. The maximum absolute atomic E-state index is 6.91. The summed E-state index contributed by atoms with van der Waals surface area (Å²) in [6.45, 7) is 0. The molecule has 2 aliphatic carbocycles. The quantitative estimate of drug-likeness (QED) is 0.159. The predicted octanol–water partition coefficient (Wildman–Crippen LogP) is 20.7. The average molecular weight is 1020 g/mol. The number of hydrogen-bond donors (Lipinski definition) is 0. The van der Waals surface area contributed by atoms with Crippen molar-refractivity contribution in [3.8, 4) is 61.3 Å². The Hall–Kier alpha value is -10.5. The zero-order chi connectivity index (χ0) is 52.5. The molecule has 2 heterocycles. The van der Waals surface area contributed by atoms with Crippen LogP contribution in [0.25, 0.3) is 116 Å². The smallest absolute Gasteiger partial charge is 0.159 e. The molecular formula is C77H48N2O. The Morgan fingerprint density at radius 3 is 1.79 bits per heavy atom. The lowest BCUT2D eigenvalue weighted by molar-refractivity contribution is 0.669. The third-order valence-corrected chi connectivity index (χ3v) is 17.4. The van der Waals surface area contributed by atoms with E-state index in [4.69, 9.17) is 4.42 Å². The fourth-order valence-corrected chi connectivity index (χ4v) is 14.0. The first-order chi connectivity index (χ1) is 39.7. The van der Waals surface area contributed by atoms with Gasteiger partial charge in [0.15, 0.2) is 5.58 Å². The summed E-state index contributed by atoms with van der Waals surface area (Å²) in [4.78, 5) is 2.41. The van der Waals surface area contributed by atoms with Crippen LogP contribution in [0.1, 0.15) is 22.3 Å². The average Bonchev–Trinajstić information content (AvgIpc) is 4.34. The number of benzene rings is 13. The molecule has 0 bridgehead atoms. The predicted molar refractivity (Wildman–Crippen MR) is 333 cm³/mol. The van der Waals surface area contributed by atoms with E-state index in [0.717, 1.165) is 66.9 Å². The van der Waals surface area contributed by atoms with Gasteiger partial charge in [-0.15, -0.1) is 0 Å². The molecule has 0 aliphatic heterocycles. The summed E-state index contributed by atoms with van der Waals surface area (Å²) in [5.74, 6) is 0. The van der Waals surface area contributed by atoms with Gasteiger partial charge in [0.25, 0.3) is 0 Å². The second-order valence-electron chi connectivity index (χ2n) is 21.5. The van der Waals surface area contributed by atoms with Gasteiger partial charge in [0.2, 0.25) is 0 Å². The number of para-hydroxylation sites is 4. The van der Waals surface area contributed by atoms with Crippen molar-refractivity contribution in [2.75, 3.05) is 4.90 Å². The highest BCUT2D eigenvalue weighted by molar-refractivity contribution is 6.19. The number of fused-ring (bicyclic) bond motifs is 18. The molecule has 0 fully saturated rings. The molecule has 13 aromatic carbocycles. The normalized spacial score (nSPS) is 14.1. The highest BCUT2D eigenvalue weighted by Crippen LogP contribution is 2.65. The molecule has 2 aromatic heterocycles. The molecule has 15 aromatic rings. The highest BCUT2D eigenvalue weighted by Gasteiger charge is 2.52. The molecule has 0 saturated carbocycles. The summed E-state index contributed by atoms with van der Waals surface area (Å²) in [5.41, 5.74) is 25.0. The van der Waals surface area contributed by atoms with Crippen molar-refractivity contribution in [1.82, 2.24) is 4.57 Å². The molecule has 80 heavy (non-hydrogen) atoms. The van der Waals surface area contributed by atoms with Gasteiger partial charge < -0.3 is 13.9 Å². The minimum Gasteiger partial charge on any atom is -0.454 e. The monoisotopic (exact) mass is 1020 g/mol. The standard InChI is InChI=1S/C77H48N2O/c1-3-19-49(20-4-1)50-37-40-56(41-38-50)78(72-35-18-31-63-62-27-12-16-36-73(62)80-76(63)72)57-46-53(45-54(47-57)59-30-17-22-51-21-7-8-25-58(51)59)52-39-42-61-60-26-9-13-32-66(60)77(69(61)48-52)67-33-14-10-28-64(67)74-68(77)43-44-71-75(74)65-29-11-15-34-70(65)79(71)55-23-5-2-6-24-55/h1-48H. The number of aromatic nitrogens is 1. The van der Waals surface area contributed by atoms with Crippen LogP contribution in [-0.2, 0) is 5.41 Å². The number of furan rings is 1. The van der Waals surface area contributed by atoms with Crippen molar-refractivity contribution >= 4 is 71.6 Å². The second kappa shape index (κ2) is 17.3. The van der Waals surface area contributed by atoms with Gasteiger partial charge in [-0.25, -0.2) is 0 Å². The lowest BCUT2D eigenvalue weighted by atomic mass is 9.70. The first-order valence-corrected chi connectivity index (χ1v) is 27.6. The molecular weight excluding hydrogens is 969 g/mol. The van der Waals surface area contributed by atoms with E-state index in [1.165, 1.54) is 88.2 Å². The van der Waals surface area contributed by atoms with Gasteiger partial charge in [0, 0.05) is 38.6 Å². The first-order valence-electron chi connectivity index (χ1n) is 27.6. The van der Waals surface area contributed by atoms with E-state index in [9.17, 15) is 0 Å². The van der Waals surface area contributed by atoms with E-state index >= 15 is 0 Å². The molecule has 0 N–H and O–H groups in total. The van der Waals surface area contributed by atoms with Gasteiger partial charge in [-0.2, -0.15) is 0 Å². The van der Waals surface area contributed by atoms with Gasteiger partial charge in [-0.3, -0.25) is 0 Å². The van der Waals surface area contributed by atoms with Crippen LogP contribution in [0, 0.1) is 0 Å². The summed E-state index contributed by atoms with van der Waals surface area (Å²) < 4.78 is 9.36. The van der Waals surface area contributed by atoms with E-state index in [-0.39, 0.29) is 0 Å². The van der Waals surface area contributed by atoms with Crippen LogP contribution in [0.2, 0.25) is 0 Å². The fraction of sp³-hybridized carbons (Fsp3) is 0.0130. The van der Waals surface area contributed by atoms with Crippen LogP contribution in [0.4, 0.5) is 17.1 Å². The van der Waals surface area contributed by atoms with Gasteiger partial charge >= 0.3 is 0 Å². The summed E-state index contributed by atoms with van der Waals surface area (Å²) in [5, 5.41) is 7.13. The fourth-order valence-electron chi connectivity index (χ4n) is 14.0. The molecule has 3 heteroatoms. The van der Waals surface area contributed by atoms with E-state index in [1.807, 2.05) is 0 Å². The molecule has 2 aliphatic rings. The Morgan fingerprint density at radius 1 is 0.325 bits per heavy atom. The Bertz CT molecular complexity index is 5000. The van der Waals surface area contributed by atoms with Gasteiger partial charge in [-0.05, 0) is 161 Å². The molecule has 1 unspecified atom stereocenters. The molecule has 3 nitrogen and oxygen atoms in total. The minimum absolute atomic E-state index is 0.586. The lowest BCUT2D eigenvalue weighted by Crippen LogP contribution is -2.25. The number of rotatable bonds is 7. The largest absolute Gasteiger partial charge is 0.454 e. The molecule has 1 atom stereocenters. The summed E-state index contributed by atoms with van der Waals surface area (Å²) >= 11 is 0. The van der Waals surface area contributed by atoms with Crippen molar-refractivity contribution in [3.63, 3.8) is 0 Å². The van der Waals surface area contributed by atoms with Gasteiger partial charge in [-0.1, -0.05) is 218 Å². The van der Waals surface area contributed by atoms with E-state index in [0.29, 0.717) is 0 Å². The Labute approximate surface area is 463 Å². The summed E-state index contributed by atoms with van der Waals surface area (Å²) in [7, 11) is 0. The Balaban J connectivity index is 0.931. The van der Waals surface area contributed by atoms with Crippen molar-refractivity contribution in [3.05, 3.63) is 313 Å². The van der Waals surface area contributed by atoms with Crippen LogP contribution in [0.5, 0.6) is 0 Å². The number of nitrogens with zero attached hydrogens (tertiary/aromatic N) is 2. The minimum atomic E-state index is -0.586. The molecule has 0 radical (unpaired) electrons. The molecule has 17 rings (SSSR count). The van der Waals surface area contributed by atoms with Crippen molar-refractivity contribution < 1.29 is 4.42 Å². The third-order valence-electron chi connectivity index (χ3n) is 17.4. The Kier molecular flexibility index (Phi) is 9.63. The first kappa shape index (κ1) is 44.6. The number of hydrogen-bond acceptors (Lipinski definition) is 2. The molecule has 0 saturated heterocycles. The SMILES string of the molecule is c1ccc(-c2ccc(N(c3cc(-c4ccc5c(c4)C4(c6ccccc6-5)c5ccccc5-c5c4ccc4c5c5ccccc5n4-c4ccccc4)cc(-c4cccc5ccccc45)c3)c3cccc4c3oc3ccccc34)cc2)cc1. The highest BCUT2D eigenvalue weighted by atomic mass is 16.3. The maximum atomic E-state index is 6.91. The van der Waals surface area contributed by atoms with Crippen LogP contribution in [-0.4, -0.2) is 4.57 Å². The zero-order valence-corrected chi connectivity index (χ0v) is 43.5. The van der Waals surface area contributed by atoms with Crippen molar-refractivity contribution in [2.24, 2.45) is 0 Å². The topological polar surface area (TPSA) is 21.3 Å². The summed E-state index contributed by atoms with van der Waals surface area (Å²) in [6, 6.07) is 108. The van der Waals surface area contributed by atoms with Gasteiger partial charge in [0.05, 0.1) is 22.1 Å². The van der Waals surface area contributed by atoms with E-state index in [1.54, 1.807) is 0 Å². The number of anilines is 3.